The van der Waals surface area contributed by atoms with Crippen LogP contribution in [0.1, 0.15) is 45.1 Å². The highest BCUT2D eigenvalue weighted by molar-refractivity contribution is 6.42. The Bertz CT molecular complexity index is 973. The number of hydrogen-bond acceptors (Lipinski definition) is 6. The average Bonchev–Trinajstić information content (AvgIpc) is 3.32. The van der Waals surface area contributed by atoms with Gasteiger partial charge in [-0.1, -0.05) is 18.2 Å². The number of carbonyl (C=O) groups excluding carboxylic acids is 3. The van der Waals surface area contributed by atoms with Crippen LogP contribution in [-0.2, 0) is 25.5 Å². The van der Waals surface area contributed by atoms with Crippen LogP contribution < -0.4 is 5.32 Å². The maximum absolute atomic E-state index is 13.9. The number of ketones is 1. The maximum Gasteiger partial charge on any atom is 0.407 e. The van der Waals surface area contributed by atoms with Crippen molar-refractivity contribution in [3.05, 3.63) is 29.8 Å². The molecule has 0 aromatic heterocycles. The number of Topliss-reactive ketones (excluding diaryl/α,β-unsaturated/α-hetero) is 1. The summed E-state index contributed by atoms with van der Waals surface area (Å²) in [6.45, 7) is 4.03. The van der Waals surface area contributed by atoms with E-state index in [1.807, 2.05) is 31.2 Å². The van der Waals surface area contributed by atoms with Crippen molar-refractivity contribution >= 4 is 29.2 Å². The molecule has 2 aliphatic heterocycles. The SMILES string of the molecule is CCOC(=O)N[C@H]1CC[C@@H]2[C@@H](C1)C[C@H]1C(=O)O[C@H](C)[C@H]1[C@H]2C(=O)C1=Nc2ccccc2C1. The number of cyclic esters (lactones) is 1. The van der Waals surface area contributed by atoms with E-state index in [0.29, 0.717) is 18.7 Å². The smallest absolute Gasteiger partial charge is 0.407 e. The summed E-state index contributed by atoms with van der Waals surface area (Å²) in [5.41, 5.74) is 2.55. The lowest BCUT2D eigenvalue weighted by molar-refractivity contribution is -0.144. The van der Waals surface area contributed by atoms with E-state index in [4.69, 9.17) is 9.47 Å². The summed E-state index contributed by atoms with van der Waals surface area (Å²) in [4.78, 5) is 43.1. The zero-order valence-corrected chi connectivity index (χ0v) is 18.6. The van der Waals surface area contributed by atoms with E-state index in [1.165, 1.54) is 0 Å². The minimum absolute atomic E-state index is 0.00512. The second kappa shape index (κ2) is 8.34. The molecule has 3 fully saturated rings. The second-order valence-corrected chi connectivity index (χ2v) is 9.61. The molecule has 0 bridgehead atoms. The van der Waals surface area contributed by atoms with Gasteiger partial charge in [0.25, 0.3) is 0 Å². The molecule has 0 unspecified atom stereocenters. The Morgan fingerprint density at radius 2 is 2.03 bits per heavy atom. The Kier molecular flexibility index (Phi) is 5.51. The van der Waals surface area contributed by atoms with Gasteiger partial charge in [0.15, 0.2) is 5.78 Å². The zero-order valence-electron chi connectivity index (χ0n) is 18.6. The fourth-order valence-electron chi connectivity index (χ4n) is 6.58. The first kappa shape index (κ1) is 21.2. The largest absolute Gasteiger partial charge is 0.462 e. The number of rotatable bonds is 4. The molecular weight excluding hydrogens is 408 g/mol. The van der Waals surface area contributed by atoms with Gasteiger partial charge in [-0.3, -0.25) is 9.59 Å². The summed E-state index contributed by atoms with van der Waals surface area (Å²) in [6.07, 6.45) is 3.00. The van der Waals surface area contributed by atoms with Gasteiger partial charge in [0.1, 0.15) is 6.10 Å². The Labute approximate surface area is 187 Å². The standard InChI is InChI=1S/C25H30N2O5/c1-3-31-25(30)26-16-8-9-17-15(10-16)11-18-21(13(2)32-24(18)29)22(17)23(28)20-12-14-6-4-5-7-19(14)27-20/h4-7,13,15-18,21-22H,3,8-12H2,1-2H3,(H,26,30)/t13-,15+,16+,17-,18-,21-,22+/m1/s1. The highest BCUT2D eigenvalue weighted by atomic mass is 16.6. The van der Waals surface area contributed by atoms with Crippen LogP contribution in [-0.4, -0.2) is 42.3 Å². The molecule has 0 radical (unpaired) electrons. The Balaban J connectivity index is 1.40. The molecule has 7 heteroatoms. The number of nitrogens with zero attached hydrogens (tertiary/aromatic N) is 1. The summed E-state index contributed by atoms with van der Waals surface area (Å²) < 4.78 is 10.7. The monoisotopic (exact) mass is 438 g/mol. The normalized spacial score (nSPS) is 35.1. The first-order valence-corrected chi connectivity index (χ1v) is 11.8. The molecule has 1 aromatic rings. The Hall–Kier alpha value is -2.70. The molecule has 170 valence electrons. The summed E-state index contributed by atoms with van der Waals surface area (Å²) in [5.74, 6) is -0.371. The van der Waals surface area contributed by atoms with E-state index in [1.54, 1.807) is 6.92 Å². The quantitative estimate of drug-likeness (QED) is 0.725. The van der Waals surface area contributed by atoms with Crippen LogP contribution in [0, 0.1) is 29.6 Å². The van der Waals surface area contributed by atoms with Crippen molar-refractivity contribution in [2.45, 2.75) is 58.1 Å². The molecular formula is C25H30N2O5. The van der Waals surface area contributed by atoms with Crippen molar-refractivity contribution in [1.29, 1.82) is 0 Å². The first-order valence-electron chi connectivity index (χ1n) is 11.8. The van der Waals surface area contributed by atoms with Crippen LogP contribution >= 0.6 is 0 Å². The van der Waals surface area contributed by atoms with Gasteiger partial charge >= 0.3 is 12.1 Å². The number of aliphatic imine (C=N–C) groups is 1. The summed E-state index contributed by atoms with van der Waals surface area (Å²) >= 11 is 0. The van der Waals surface area contributed by atoms with Crippen LogP contribution in [0.3, 0.4) is 0 Å². The number of hydrogen-bond donors (Lipinski definition) is 1. The molecule has 1 amide bonds. The van der Waals surface area contributed by atoms with Crippen LogP contribution in [0.15, 0.2) is 29.3 Å². The number of alkyl carbamates (subject to hydrolysis) is 1. The van der Waals surface area contributed by atoms with Crippen molar-refractivity contribution in [1.82, 2.24) is 5.32 Å². The molecule has 1 N–H and O–H groups in total. The van der Waals surface area contributed by atoms with Gasteiger partial charge in [0, 0.05) is 24.3 Å². The van der Waals surface area contributed by atoms with Crippen molar-refractivity contribution in [3.8, 4) is 0 Å². The summed E-state index contributed by atoms with van der Waals surface area (Å²) in [5, 5.41) is 2.96. The predicted molar refractivity (Wildman–Crippen MR) is 118 cm³/mol. The molecule has 5 rings (SSSR count). The van der Waals surface area contributed by atoms with Crippen LogP contribution in [0.25, 0.3) is 0 Å². The van der Waals surface area contributed by atoms with E-state index < -0.39 is 6.09 Å². The molecule has 2 aliphatic carbocycles. The number of benzene rings is 1. The van der Waals surface area contributed by atoms with Crippen molar-refractivity contribution in [2.75, 3.05) is 6.61 Å². The third-order valence-corrected chi connectivity index (χ3v) is 7.87. The molecule has 32 heavy (non-hydrogen) atoms. The van der Waals surface area contributed by atoms with Crippen LogP contribution in [0.5, 0.6) is 0 Å². The third-order valence-electron chi connectivity index (χ3n) is 7.87. The molecule has 0 spiro atoms. The Morgan fingerprint density at radius 3 is 2.81 bits per heavy atom. The molecule has 1 aromatic carbocycles. The average molecular weight is 439 g/mol. The molecule has 1 saturated heterocycles. The number of nitrogens with one attached hydrogen (secondary N) is 1. The van der Waals surface area contributed by atoms with E-state index in [0.717, 1.165) is 36.9 Å². The molecule has 4 aliphatic rings. The highest BCUT2D eigenvalue weighted by Gasteiger charge is 2.58. The fraction of sp³-hybridized carbons (Fsp3) is 0.600. The number of esters is 1. The number of ether oxygens (including phenoxy) is 2. The third kappa shape index (κ3) is 3.61. The van der Waals surface area contributed by atoms with Gasteiger partial charge in [-0.15, -0.1) is 0 Å². The lowest BCUT2D eigenvalue weighted by Crippen LogP contribution is -2.52. The number of amides is 1. The van der Waals surface area contributed by atoms with E-state index in [9.17, 15) is 14.4 Å². The van der Waals surface area contributed by atoms with Gasteiger partial charge in [-0.05, 0) is 63.0 Å². The van der Waals surface area contributed by atoms with Gasteiger partial charge in [0.2, 0.25) is 0 Å². The summed E-state index contributed by atoms with van der Waals surface area (Å²) in [7, 11) is 0. The molecule has 7 atom stereocenters. The van der Waals surface area contributed by atoms with Crippen LogP contribution in [0.4, 0.5) is 10.5 Å². The van der Waals surface area contributed by atoms with Gasteiger partial charge in [-0.25, -0.2) is 9.79 Å². The number of para-hydroxylation sites is 1. The van der Waals surface area contributed by atoms with Gasteiger partial charge < -0.3 is 14.8 Å². The number of fused-ring (bicyclic) bond motifs is 3. The van der Waals surface area contributed by atoms with Crippen molar-refractivity contribution in [3.63, 3.8) is 0 Å². The first-order chi connectivity index (χ1) is 15.5. The molecule has 2 saturated carbocycles. The van der Waals surface area contributed by atoms with Crippen molar-refractivity contribution < 1.29 is 23.9 Å². The topological polar surface area (TPSA) is 94.1 Å². The number of carbonyl (C=O) groups is 3. The minimum Gasteiger partial charge on any atom is -0.462 e. The van der Waals surface area contributed by atoms with E-state index >= 15 is 0 Å². The highest BCUT2D eigenvalue weighted by Crippen LogP contribution is 2.53. The predicted octanol–water partition coefficient (Wildman–Crippen LogP) is 3.61. The lowest BCUT2D eigenvalue weighted by atomic mass is 9.55. The zero-order chi connectivity index (χ0) is 22.4. The second-order valence-electron chi connectivity index (χ2n) is 9.61. The molecule has 7 nitrogen and oxygen atoms in total. The van der Waals surface area contributed by atoms with Crippen LogP contribution in [0.2, 0.25) is 0 Å². The molecule has 2 heterocycles. The van der Waals surface area contributed by atoms with Gasteiger partial charge in [0.05, 0.1) is 23.9 Å². The Morgan fingerprint density at radius 1 is 1.22 bits per heavy atom. The van der Waals surface area contributed by atoms with Gasteiger partial charge in [-0.2, -0.15) is 0 Å². The van der Waals surface area contributed by atoms with E-state index in [2.05, 4.69) is 10.3 Å². The fourth-order valence-corrected chi connectivity index (χ4v) is 6.58. The van der Waals surface area contributed by atoms with E-state index in [-0.39, 0.29) is 53.5 Å². The van der Waals surface area contributed by atoms with Crippen molar-refractivity contribution in [2.24, 2.45) is 34.6 Å². The lowest BCUT2D eigenvalue weighted by Gasteiger charge is -2.47. The maximum atomic E-state index is 13.9. The minimum atomic E-state index is -0.399. The summed E-state index contributed by atoms with van der Waals surface area (Å²) in [6, 6.07) is 7.87.